The van der Waals surface area contributed by atoms with Gasteiger partial charge in [-0.25, -0.2) is 9.48 Å². The number of aliphatic carboxylic acids is 1. The van der Waals surface area contributed by atoms with Crippen molar-refractivity contribution in [3.05, 3.63) is 108 Å². The summed E-state index contributed by atoms with van der Waals surface area (Å²) in [6.45, 7) is 6.25. The Morgan fingerprint density at radius 1 is 1.00 bits per heavy atom. The summed E-state index contributed by atoms with van der Waals surface area (Å²) >= 11 is 0. The third-order valence-electron chi connectivity index (χ3n) is 6.29. The summed E-state index contributed by atoms with van der Waals surface area (Å²) in [6, 6.07) is 14.6. The van der Waals surface area contributed by atoms with Gasteiger partial charge in [-0.05, 0) is 70.7 Å². The number of benzene rings is 2. The summed E-state index contributed by atoms with van der Waals surface area (Å²) in [5.74, 6) is -0.816. The molecule has 210 valence electrons. The van der Waals surface area contributed by atoms with Gasteiger partial charge in [-0.3, -0.25) is 4.79 Å². The summed E-state index contributed by atoms with van der Waals surface area (Å²) < 4.78 is 7.29. The molecule has 0 fully saturated rings. The average molecular weight is 543 g/mol. The Labute approximate surface area is 236 Å². The molecule has 0 unspecified atom stereocenters. The first-order chi connectivity index (χ1) is 19.4. The van der Waals surface area contributed by atoms with Crippen LogP contribution < -0.4 is 10.1 Å². The van der Waals surface area contributed by atoms with Gasteiger partial charge < -0.3 is 15.2 Å². The van der Waals surface area contributed by atoms with E-state index in [0.29, 0.717) is 17.9 Å². The Morgan fingerprint density at radius 2 is 1.70 bits per heavy atom. The summed E-state index contributed by atoms with van der Waals surface area (Å²) in [6.07, 6.45) is 15.1. The van der Waals surface area contributed by atoms with Crippen LogP contribution in [-0.4, -0.2) is 38.0 Å². The maximum atomic E-state index is 13.0. The van der Waals surface area contributed by atoms with Crippen LogP contribution in [0.15, 0.2) is 96.2 Å². The number of aromatic nitrogens is 3. The van der Waals surface area contributed by atoms with Crippen molar-refractivity contribution in [3.63, 3.8) is 0 Å². The number of carbonyl (C=O) groups is 2. The molecule has 1 aromatic heterocycles. The molecule has 3 rings (SSSR count). The van der Waals surface area contributed by atoms with Crippen LogP contribution in [0, 0.1) is 0 Å². The Hall–Kier alpha value is -4.46. The van der Waals surface area contributed by atoms with E-state index in [-0.39, 0.29) is 12.1 Å². The van der Waals surface area contributed by atoms with Crippen molar-refractivity contribution in [2.75, 3.05) is 0 Å². The van der Waals surface area contributed by atoms with Gasteiger partial charge in [0.15, 0.2) is 0 Å². The second-order valence-electron chi connectivity index (χ2n) is 9.66. The van der Waals surface area contributed by atoms with E-state index in [0.717, 1.165) is 31.4 Å². The molecule has 1 atom stereocenters. The van der Waals surface area contributed by atoms with Crippen molar-refractivity contribution >= 4 is 11.9 Å². The molecule has 0 saturated carbocycles. The van der Waals surface area contributed by atoms with Gasteiger partial charge in [-0.1, -0.05) is 71.0 Å². The SMILES string of the molecule is C/C=C\CC/C(C)=C/CC/C(C)=C/Cc1cn(C[C@H](NC(=O)c2ccccc2Oc2ccccc2)C(=O)O)nn1. The molecule has 3 aromatic rings. The maximum absolute atomic E-state index is 13.0. The molecular formula is C32H38N4O4. The van der Waals surface area contributed by atoms with Gasteiger partial charge in [0.1, 0.15) is 17.5 Å². The third kappa shape index (κ3) is 10.0. The van der Waals surface area contributed by atoms with Crippen LogP contribution in [0.4, 0.5) is 0 Å². The molecule has 0 bridgehead atoms. The second kappa shape index (κ2) is 15.8. The molecule has 2 N–H and O–H groups in total. The van der Waals surface area contributed by atoms with E-state index < -0.39 is 17.9 Å². The molecule has 0 aliphatic heterocycles. The quantitative estimate of drug-likeness (QED) is 0.212. The van der Waals surface area contributed by atoms with E-state index in [1.165, 1.54) is 15.8 Å². The number of hydrogen-bond donors (Lipinski definition) is 2. The van der Waals surface area contributed by atoms with Gasteiger partial charge in [0.05, 0.1) is 17.8 Å². The molecule has 8 nitrogen and oxygen atoms in total. The lowest BCUT2D eigenvalue weighted by Gasteiger charge is -2.16. The molecule has 0 aliphatic rings. The summed E-state index contributed by atoms with van der Waals surface area (Å²) in [4.78, 5) is 25.0. The van der Waals surface area contributed by atoms with Gasteiger partial charge >= 0.3 is 5.97 Å². The van der Waals surface area contributed by atoms with E-state index in [2.05, 4.69) is 53.8 Å². The number of carboxylic acid groups (broad SMARTS) is 1. The van der Waals surface area contributed by atoms with Crippen LogP contribution in [-0.2, 0) is 17.8 Å². The predicted molar refractivity (Wildman–Crippen MR) is 156 cm³/mol. The fourth-order valence-corrected chi connectivity index (χ4v) is 4.00. The predicted octanol–water partition coefficient (Wildman–Crippen LogP) is 6.53. The number of hydrogen-bond acceptors (Lipinski definition) is 5. The van der Waals surface area contributed by atoms with Crippen molar-refractivity contribution in [3.8, 4) is 11.5 Å². The van der Waals surface area contributed by atoms with Crippen LogP contribution in [0.2, 0.25) is 0 Å². The first-order valence-electron chi connectivity index (χ1n) is 13.5. The minimum Gasteiger partial charge on any atom is -0.480 e. The number of allylic oxidation sites excluding steroid dienone is 6. The summed E-state index contributed by atoms with van der Waals surface area (Å²) in [7, 11) is 0. The van der Waals surface area contributed by atoms with E-state index in [1.807, 2.05) is 25.1 Å². The number of nitrogens with one attached hydrogen (secondary N) is 1. The highest BCUT2D eigenvalue weighted by Gasteiger charge is 2.24. The summed E-state index contributed by atoms with van der Waals surface area (Å²) in [5, 5.41) is 20.6. The number of nitrogens with zero attached hydrogens (tertiary/aromatic N) is 3. The number of para-hydroxylation sites is 2. The molecule has 40 heavy (non-hydrogen) atoms. The van der Waals surface area contributed by atoms with Crippen LogP contribution in [0.5, 0.6) is 11.5 Å². The smallest absolute Gasteiger partial charge is 0.328 e. The standard InChI is InChI=1S/C32H38N4O4/c1-4-5-7-13-24(2)14-12-15-25(3)20-21-26-22-36(35-34-26)23-29(32(38)39)33-31(37)28-18-10-11-19-30(28)40-27-16-8-6-9-17-27/h4-6,8-11,14,16-20,22,29H,7,12-13,15,21,23H2,1-3H3,(H,33,37)(H,38,39)/b5-4-,24-14+,25-20+/t29-/m0/s1. The van der Waals surface area contributed by atoms with Crippen molar-refractivity contribution in [1.29, 1.82) is 0 Å². The highest BCUT2D eigenvalue weighted by atomic mass is 16.5. The Morgan fingerprint density at radius 3 is 2.45 bits per heavy atom. The number of rotatable bonds is 15. The number of carboxylic acids is 1. The van der Waals surface area contributed by atoms with Crippen molar-refractivity contribution in [1.82, 2.24) is 20.3 Å². The monoisotopic (exact) mass is 542 g/mol. The molecule has 1 amide bonds. The Balaban J connectivity index is 1.56. The number of carbonyl (C=O) groups excluding carboxylic acids is 1. The van der Waals surface area contributed by atoms with Crippen molar-refractivity contribution in [2.24, 2.45) is 0 Å². The lowest BCUT2D eigenvalue weighted by Crippen LogP contribution is -2.43. The number of amides is 1. The van der Waals surface area contributed by atoms with Gasteiger partial charge in [-0.15, -0.1) is 5.10 Å². The van der Waals surface area contributed by atoms with Crippen molar-refractivity contribution < 1.29 is 19.4 Å². The van der Waals surface area contributed by atoms with E-state index in [1.54, 1.807) is 42.6 Å². The zero-order valence-corrected chi connectivity index (χ0v) is 23.4. The van der Waals surface area contributed by atoms with E-state index in [9.17, 15) is 14.7 Å². The molecule has 0 aliphatic carbocycles. The molecule has 1 heterocycles. The molecule has 0 radical (unpaired) electrons. The second-order valence-corrected chi connectivity index (χ2v) is 9.66. The fourth-order valence-electron chi connectivity index (χ4n) is 4.00. The lowest BCUT2D eigenvalue weighted by molar-refractivity contribution is -0.139. The normalized spacial score (nSPS) is 12.9. The average Bonchev–Trinajstić information content (AvgIpc) is 3.40. The highest BCUT2D eigenvalue weighted by Crippen LogP contribution is 2.25. The zero-order valence-electron chi connectivity index (χ0n) is 23.4. The van der Waals surface area contributed by atoms with Gasteiger partial charge in [0.2, 0.25) is 0 Å². The molecule has 0 saturated heterocycles. The van der Waals surface area contributed by atoms with Crippen LogP contribution in [0.25, 0.3) is 0 Å². The summed E-state index contributed by atoms with van der Waals surface area (Å²) in [5.41, 5.74) is 3.63. The Kier molecular flexibility index (Phi) is 11.9. The minimum absolute atomic E-state index is 0.0598. The van der Waals surface area contributed by atoms with Gasteiger partial charge in [0, 0.05) is 12.6 Å². The Bertz CT molecular complexity index is 1340. The highest BCUT2D eigenvalue weighted by molar-refractivity contribution is 5.99. The van der Waals surface area contributed by atoms with Crippen LogP contribution in [0.1, 0.15) is 62.5 Å². The van der Waals surface area contributed by atoms with E-state index >= 15 is 0 Å². The topological polar surface area (TPSA) is 106 Å². The molecule has 2 aromatic carbocycles. The van der Waals surface area contributed by atoms with Gasteiger partial charge in [-0.2, -0.15) is 0 Å². The third-order valence-corrected chi connectivity index (χ3v) is 6.29. The first-order valence-corrected chi connectivity index (χ1v) is 13.5. The van der Waals surface area contributed by atoms with E-state index in [4.69, 9.17) is 4.74 Å². The zero-order chi connectivity index (χ0) is 28.7. The largest absolute Gasteiger partial charge is 0.480 e. The maximum Gasteiger partial charge on any atom is 0.328 e. The van der Waals surface area contributed by atoms with Crippen LogP contribution in [0.3, 0.4) is 0 Å². The number of ether oxygens (including phenoxy) is 1. The molecule has 0 spiro atoms. The van der Waals surface area contributed by atoms with Crippen molar-refractivity contribution in [2.45, 2.75) is 65.5 Å². The molecular weight excluding hydrogens is 504 g/mol. The minimum atomic E-state index is -1.20. The van der Waals surface area contributed by atoms with Crippen LogP contribution >= 0.6 is 0 Å². The fraction of sp³-hybridized carbons (Fsp3) is 0.312. The van der Waals surface area contributed by atoms with Gasteiger partial charge in [0.25, 0.3) is 5.91 Å². The molecule has 8 heteroatoms. The lowest BCUT2D eigenvalue weighted by atomic mass is 10.1. The first kappa shape index (κ1) is 30.1.